The molecule has 0 aliphatic heterocycles. The van der Waals surface area contributed by atoms with Crippen molar-refractivity contribution in [2.75, 3.05) is 13.2 Å². The van der Waals surface area contributed by atoms with Crippen molar-refractivity contribution in [2.45, 2.75) is 353 Å². The van der Waals surface area contributed by atoms with Gasteiger partial charge < -0.3 is 20.3 Å². The molecule has 0 saturated heterocycles. The van der Waals surface area contributed by atoms with E-state index >= 15 is 0 Å². The van der Waals surface area contributed by atoms with Crippen LogP contribution in [0.5, 0.6) is 0 Å². The van der Waals surface area contributed by atoms with Crippen LogP contribution in [0.25, 0.3) is 0 Å². The van der Waals surface area contributed by atoms with Gasteiger partial charge in [-0.25, -0.2) is 0 Å². The average Bonchev–Trinajstić information content (AvgIpc) is 3.35. The molecule has 0 spiro atoms. The second kappa shape index (κ2) is 58.9. The number of allylic oxidation sites excluding steroid dienone is 4. The number of hydrogen-bond acceptors (Lipinski definition) is 5. The van der Waals surface area contributed by atoms with Gasteiger partial charge in [0.05, 0.1) is 25.4 Å². The second-order valence-electron chi connectivity index (χ2n) is 21.4. The number of amides is 1. The maximum Gasteiger partial charge on any atom is 0.305 e. The molecule has 0 aliphatic rings. The minimum absolute atomic E-state index is 0.00739. The van der Waals surface area contributed by atoms with Gasteiger partial charge in [0.1, 0.15) is 0 Å². The minimum Gasteiger partial charge on any atom is -0.466 e. The SMILES string of the molecule is CCCCCCC/C=C\CCCCCCCC(=O)OCCCCCCCCCCCCCC/C=C\CCCCCCCCCCCCCCC(=O)NC(CO)C(O)CCCCCCCCCCCC. The van der Waals surface area contributed by atoms with Crippen LogP contribution in [0, 0.1) is 0 Å². The minimum atomic E-state index is -0.662. The number of aliphatic hydroxyl groups excluding tert-OH is 2. The lowest BCUT2D eigenvalue weighted by molar-refractivity contribution is -0.143. The van der Waals surface area contributed by atoms with Crippen molar-refractivity contribution in [3.8, 4) is 0 Å². The number of rotatable bonds is 58. The summed E-state index contributed by atoms with van der Waals surface area (Å²) in [4.78, 5) is 24.5. The van der Waals surface area contributed by atoms with Crippen LogP contribution in [-0.4, -0.2) is 47.4 Å². The van der Waals surface area contributed by atoms with Gasteiger partial charge in [-0.2, -0.15) is 0 Å². The van der Waals surface area contributed by atoms with Crippen LogP contribution in [-0.2, 0) is 14.3 Å². The first-order valence-electron chi connectivity index (χ1n) is 31.1. The summed E-state index contributed by atoms with van der Waals surface area (Å²) in [5, 5.41) is 23.2. The average molecular weight is 973 g/mol. The fourth-order valence-corrected chi connectivity index (χ4v) is 9.69. The van der Waals surface area contributed by atoms with E-state index in [1.54, 1.807) is 0 Å². The van der Waals surface area contributed by atoms with Crippen molar-refractivity contribution in [3.63, 3.8) is 0 Å². The smallest absolute Gasteiger partial charge is 0.305 e. The van der Waals surface area contributed by atoms with Crippen LogP contribution in [0.3, 0.4) is 0 Å². The summed E-state index contributed by atoms with van der Waals surface area (Å²) in [6.07, 6.45) is 72.0. The Labute approximate surface area is 431 Å². The standard InChI is InChI=1S/C63H121NO5/c1-3-5-7-9-11-13-15-16-34-37-41-45-49-53-57-63(68)69-58-54-50-46-42-38-35-32-30-28-26-24-22-20-18-17-19-21-23-25-27-29-31-33-36-40-44-48-52-56-62(67)64-60(59-65)61(66)55-51-47-43-39-14-12-10-8-6-4-2/h15-18,60-61,65-66H,3-14,19-59H2,1-2H3,(H,64,67)/b16-15-,18-17-. The molecular weight excluding hydrogens is 851 g/mol. The Morgan fingerprint density at radius 3 is 1.03 bits per heavy atom. The van der Waals surface area contributed by atoms with E-state index in [0.717, 1.165) is 44.9 Å². The fraction of sp³-hybridized carbons (Fsp3) is 0.905. The van der Waals surface area contributed by atoms with Crippen LogP contribution in [0.4, 0.5) is 0 Å². The molecule has 0 rings (SSSR count). The van der Waals surface area contributed by atoms with Gasteiger partial charge in [0.15, 0.2) is 0 Å². The molecule has 2 atom stereocenters. The van der Waals surface area contributed by atoms with E-state index in [4.69, 9.17) is 4.74 Å². The van der Waals surface area contributed by atoms with Gasteiger partial charge >= 0.3 is 5.97 Å². The second-order valence-corrected chi connectivity index (χ2v) is 21.4. The topological polar surface area (TPSA) is 95.9 Å². The molecule has 1 amide bonds. The first-order chi connectivity index (χ1) is 34.0. The monoisotopic (exact) mass is 972 g/mol. The quantitative estimate of drug-likeness (QED) is 0.0321. The number of nitrogens with one attached hydrogen (secondary N) is 1. The van der Waals surface area contributed by atoms with Crippen molar-refractivity contribution < 1.29 is 24.5 Å². The first kappa shape index (κ1) is 67.3. The van der Waals surface area contributed by atoms with E-state index in [2.05, 4.69) is 43.5 Å². The highest BCUT2D eigenvalue weighted by Crippen LogP contribution is 2.17. The molecule has 0 aromatic heterocycles. The summed E-state index contributed by atoms with van der Waals surface area (Å²) in [7, 11) is 0. The Morgan fingerprint density at radius 1 is 0.391 bits per heavy atom. The van der Waals surface area contributed by atoms with Crippen molar-refractivity contribution >= 4 is 11.9 Å². The highest BCUT2D eigenvalue weighted by Gasteiger charge is 2.20. The molecular formula is C63H121NO5. The van der Waals surface area contributed by atoms with E-state index in [0.29, 0.717) is 25.9 Å². The highest BCUT2D eigenvalue weighted by atomic mass is 16.5. The molecule has 0 aromatic carbocycles. The van der Waals surface area contributed by atoms with Crippen molar-refractivity contribution in [1.82, 2.24) is 5.32 Å². The van der Waals surface area contributed by atoms with E-state index < -0.39 is 12.1 Å². The van der Waals surface area contributed by atoms with E-state index in [-0.39, 0.29) is 18.5 Å². The third-order valence-corrected chi connectivity index (χ3v) is 14.5. The Morgan fingerprint density at radius 2 is 0.681 bits per heavy atom. The molecule has 0 heterocycles. The maximum absolute atomic E-state index is 12.4. The molecule has 3 N–H and O–H groups in total. The van der Waals surface area contributed by atoms with Crippen molar-refractivity contribution in [1.29, 1.82) is 0 Å². The predicted molar refractivity (Wildman–Crippen MR) is 301 cm³/mol. The molecule has 0 bridgehead atoms. The van der Waals surface area contributed by atoms with Crippen LogP contribution < -0.4 is 5.32 Å². The van der Waals surface area contributed by atoms with Crippen LogP contribution >= 0.6 is 0 Å². The normalized spacial score (nSPS) is 12.7. The summed E-state index contributed by atoms with van der Waals surface area (Å²) in [5.74, 6) is -0.0282. The van der Waals surface area contributed by atoms with Gasteiger partial charge in [0, 0.05) is 12.8 Å². The van der Waals surface area contributed by atoms with E-state index in [1.807, 2.05) is 0 Å². The first-order valence-corrected chi connectivity index (χ1v) is 31.1. The summed E-state index contributed by atoms with van der Waals surface area (Å²) in [6, 6.07) is -0.539. The number of hydrogen-bond donors (Lipinski definition) is 3. The van der Waals surface area contributed by atoms with Crippen LogP contribution in [0.15, 0.2) is 24.3 Å². The van der Waals surface area contributed by atoms with E-state index in [1.165, 1.54) is 263 Å². The largest absolute Gasteiger partial charge is 0.466 e. The van der Waals surface area contributed by atoms with Gasteiger partial charge in [-0.1, -0.05) is 276 Å². The van der Waals surface area contributed by atoms with Crippen LogP contribution in [0.1, 0.15) is 341 Å². The van der Waals surface area contributed by atoms with Gasteiger partial charge in [-0.05, 0) is 77.0 Å². The number of esters is 1. The summed E-state index contributed by atoms with van der Waals surface area (Å²) < 4.78 is 5.48. The third-order valence-electron chi connectivity index (χ3n) is 14.5. The molecule has 2 unspecified atom stereocenters. The lowest BCUT2D eigenvalue weighted by Crippen LogP contribution is -2.45. The molecule has 69 heavy (non-hydrogen) atoms. The molecule has 0 fully saturated rings. The molecule has 6 nitrogen and oxygen atoms in total. The predicted octanol–water partition coefficient (Wildman–Crippen LogP) is 19.4. The highest BCUT2D eigenvalue weighted by molar-refractivity contribution is 5.76. The van der Waals surface area contributed by atoms with Crippen molar-refractivity contribution in [2.24, 2.45) is 0 Å². The molecule has 0 radical (unpaired) electrons. The molecule has 6 heteroatoms. The Bertz CT molecular complexity index is 1080. The summed E-state index contributed by atoms with van der Waals surface area (Å²) in [6.45, 7) is 4.94. The van der Waals surface area contributed by atoms with Gasteiger partial charge in [0.2, 0.25) is 5.91 Å². The maximum atomic E-state index is 12.4. The number of carbonyl (C=O) groups is 2. The molecule has 0 aliphatic carbocycles. The van der Waals surface area contributed by atoms with Crippen LogP contribution in [0.2, 0.25) is 0 Å². The third kappa shape index (κ3) is 55.5. The Kier molecular flexibility index (Phi) is 57.5. The Balaban J connectivity index is 3.35. The fourth-order valence-electron chi connectivity index (χ4n) is 9.69. The van der Waals surface area contributed by atoms with Crippen molar-refractivity contribution in [3.05, 3.63) is 24.3 Å². The summed E-state index contributed by atoms with van der Waals surface area (Å²) >= 11 is 0. The number of carbonyl (C=O) groups excluding carboxylic acids is 2. The summed E-state index contributed by atoms with van der Waals surface area (Å²) in [5.41, 5.74) is 0. The van der Waals surface area contributed by atoms with E-state index in [9.17, 15) is 19.8 Å². The lowest BCUT2D eigenvalue weighted by atomic mass is 10.0. The zero-order valence-corrected chi connectivity index (χ0v) is 46.6. The molecule has 0 aromatic rings. The number of ether oxygens (including phenoxy) is 1. The number of unbranched alkanes of at least 4 members (excludes halogenated alkanes) is 43. The zero-order chi connectivity index (χ0) is 50.0. The lowest BCUT2D eigenvalue weighted by Gasteiger charge is -2.22. The molecule has 0 saturated carbocycles. The zero-order valence-electron chi connectivity index (χ0n) is 46.6. The Hall–Kier alpha value is -1.66. The van der Waals surface area contributed by atoms with Gasteiger partial charge in [-0.15, -0.1) is 0 Å². The number of aliphatic hydroxyl groups is 2. The van der Waals surface area contributed by atoms with Gasteiger partial charge in [0.25, 0.3) is 0 Å². The molecule has 408 valence electrons. The van der Waals surface area contributed by atoms with Gasteiger partial charge in [-0.3, -0.25) is 9.59 Å².